The van der Waals surface area contributed by atoms with Crippen molar-refractivity contribution in [3.05, 3.63) is 70.4 Å². The van der Waals surface area contributed by atoms with Gasteiger partial charge in [0.15, 0.2) is 0 Å². The van der Waals surface area contributed by atoms with Crippen LogP contribution < -0.4 is 5.32 Å². The van der Waals surface area contributed by atoms with Crippen LogP contribution in [0.2, 0.25) is 0 Å². The minimum Gasteiger partial charge on any atom is -0.319 e. The van der Waals surface area contributed by atoms with Gasteiger partial charge in [0.05, 0.1) is 11.4 Å². The van der Waals surface area contributed by atoms with Gasteiger partial charge >= 0.3 is 0 Å². The van der Waals surface area contributed by atoms with E-state index in [2.05, 4.69) is 15.5 Å². The topological polar surface area (TPSA) is 57.8 Å². The van der Waals surface area contributed by atoms with E-state index in [1.807, 2.05) is 39.0 Å². The zero-order chi connectivity index (χ0) is 18.8. The molecule has 1 amide bonds. The molecule has 6 heteroatoms. The van der Waals surface area contributed by atoms with Crippen LogP contribution >= 0.6 is 0 Å². The zero-order valence-electron chi connectivity index (χ0n) is 14.8. The lowest BCUT2D eigenvalue weighted by atomic mass is 10.0. The van der Waals surface area contributed by atoms with Crippen molar-refractivity contribution in [2.45, 2.75) is 27.2 Å². The van der Waals surface area contributed by atoms with E-state index in [1.165, 1.54) is 0 Å². The Kier molecular flexibility index (Phi) is 4.84. The molecule has 0 radical (unpaired) electrons. The lowest BCUT2D eigenvalue weighted by molar-refractivity contribution is 0.102. The number of benzene rings is 2. The molecule has 1 aromatic heterocycles. The summed E-state index contributed by atoms with van der Waals surface area (Å²) in [5.41, 5.74) is 4.80. The van der Waals surface area contributed by atoms with Crippen LogP contribution in [0.4, 0.5) is 14.5 Å². The highest BCUT2D eigenvalue weighted by atomic mass is 19.1. The van der Waals surface area contributed by atoms with E-state index in [0.29, 0.717) is 17.8 Å². The Morgan fingerprint density at radius 3 is 2.42 bits per heavy atom. The molecule has 0 saturated heterocycles. The number of carbonyl (C=O) groups excluding carboxylic acids is 1. The molecule has 4 nitrogen and oxygen atoms in total. The normalized spacial score (nSPS) is 10.8. The number of rotatable bonds is 4. The summed E-state index contributed by atoms with van der Waals surface area (Å²) in [7, 11) is 0. The molecule has 3 aromatic rings. The maximum Gasteiger partial charge on any atom is 0.255 e. The second-order valence-electron chi connectivity index (χ2n) is 6.21. The fourth-order valence-corrected chi connectivity index (χ4v) is 2.91. The van der Waals surface area contributed by atoms with Crippen molar-refractivity contribution in [2.24, 2.45) is 0 Å². The number of amides is 1. The van der Waals surface area contributed by atoms with Gasteiger partial charge < -0.3 is 5.32 Å². The first-order valence-electron chi connectivity index (χ1n) is 8.31. The molecule has 0 aliphatic rings. The average Bonchev–Trinajstić information content (AvgIpc) is 2.96. The van der Waals surface area contributed by atoms with Crippen LogP contribution in [0.5, 0.6) is 0 Å². The Morgan fingerprint density at radius 1 is 1.12 bits per heavy atom. The van der Waals surface area contributed by atoms with Crippen molar-refractivity contribution in [3.8, 4) is 11.3 Å². The van der Waals surface area contributed by atoms with Gasteiger partial charge in [0.25, 0.3) is 5.91 Å². The maximum atomic E-state index is 13.4. The standard InChI is InChI=1S/C20H19F2N3O/c1-4-17-19(23-20(26)13-8-14(21)10-15(22)9-13)18(25-24-17)16-6-5-11(2)7-12(16)3/h5-10H,4H2,1-3H3,(H,23,26)(H,24,25). The minimum absolute atomic E-state index is 0.0858. The Morgan fingerprint density at radius 2 is 1.81 bits per heavy atom. The van der Waals surface area contributed by atoms with Gasteiger partial charge in [-0.3, -0.25) is 9.89 Å². The number of nitrogens with one attached hydrogen (secondary N) is 2. The molecule has 0 spiro atoms. The van der Waals surface area contributed by atoms with Crippen LogP contribution in [0, 0.1) is 25.5 Å². The molecule has 0 unspecified atom stereocenters. The lowest BCUT2D eigenvalue weighted by Crippen LogP contribution is -2.14. The largest absolute Gasteiger partial charge is 0.319 e. The monoisotopic (exact) mass is 355 g/mol. The van der Waals surface area contributed by atoms with Gasteiger partial charge in [-0.25, -0.2) is 8.78 Å². The van der Waals surface area contributed by atoms with Crippen molar-refractivity contribution < 1.29 is 13.6 Å². The Bertz CT molecular complexity index is 959. The first-order chi connectivity index (χ1) is 12.4. The van der Waals surface area contributed by atoms with E-state index in [1.54, 1.807) is 0 Å². The van der Waals surface area contributed by atoms with Gasteiger partial charge in [0.1, 0.15) is 17.3 Å². The highest BCUT2D eigenvalue weighted by Gasteiger charge is 2.19. The number of nitrogens with zero attached hydrogens (tertiary/aromatic N) is 1. The predicted molar refractivity (Wildman–Crippen MR) is 97.2 cm³/mol. The third kappa shape index (κ3) is 3.49. The Hall–Kier alpha value is -3.02. The van der Waals surface area contributed by atoms with Gasteiger partial charge in [0.2, 0.25) is 0 Å². The summed E-state index contributed by atoms with van der Waals surface area (Å²) in [4.78, 5) is 12.5. The number of hydrogen-bond donors (Lipinski definition) is 2. The van der Waals surface area contributed by atoms with Crippen molar-refractivity contribution in [1.29, 1.82) is 0 Å². The molecular weight excluding hydrogens is 336 g/mol. The van der Waals surface area contributed by atoms with Crippen LogP contribution in [-0.4, -0.2) is 16.1 Å². The number of aromatic amines is 1. The van der Waals surface area contributed by atoms with Crippen molar-refractivity contribution in [2.75, 3.05) is 5.32 Å². The van der Waals surface area contributed by atoms with Crippen molar-refractivity contribution in [3.63, 3.8) is 0 Å². The van der Waals surface area contributed by atoms with Gasteiger partial charge in [-0.05, 0) is 38.0 Å². The summed E-state index contributed by atoms with van der Waals surface area (Å²) in [5.74, 6) is -2.19. The van der Waals surface area contributed by atoms with E-state index >= 15 is 0 Å². The van der Waals surface area contributed by atoms with Gasteiger partial charge in [-0.1, -0.05) is 30.7 Å². The molecule has 134 valence electrons. The molecule has 0 atom stereocenters. The van der Waals surface area contributed by atoms with Crippen LogP contribution in [-0.2, 0) is 6.42 Å². The summed E-state index contributed by atoms with van der Waals surface area (Å²) in [6, 6.07) is 8.67. The highest BCUT2D eigenvalue weighted by molar-refractivity contribution is 6.06. The van der Waals surface area contributed by atoms with Crippen LogP contribution in [0.15, 0.2) is 36.4 Å². The summed E-state index contributed by atoms with van der Waals surface area (Å²) in [6.07, 6.45) is 0.616. The molecule has 0 aliphatic heterocycles. The molecule has 2 N–H and O–H groups in total. The van der Waals surface area contributed by atoms with E-state index in [-0.39, 0.29) is 5.56 Å². The van der Waals surface area contributed by atoms with Crippen molar-refractivity contribution >= 4 is 11.6 Å². The first-order valence-corrected chi connectivity index (χ1v) is 8.31. The quantitative estimate of drug-likeness (QED) is 0.707. The third-order valence-corrected chi connectivity index (χ3v) is 4.20. The molecule has 0 saturated carbocycles. The summed E-state index contributed by atoms with van der Waals surface area (Å²) < 4.78 is 26.8. The van der Waals surface area contributed by atoms with Crippen LogP contribution in [0.25, 0.3) is 11.3 Å². The average molecular weight is 355 g/mol. The molecule has 26 heavy (non-hydrogen) atoms. The number of aryl methyl sites for hydroxylation is 3. The lowest BCUT2D eigenvalue weighted by Gasteiger charge is -2.10. The van der Waals surface area contributed by atoms with E-state index in [9.17, 15) is 13.6 Å². The fraction of sp³-hybridized carbons (Fsp3) is 0.200. The molecule has 3 rings (SSSR count). The van der Waals surface area contributed by atoms with E-state index in [0.717, 1.165) is 40.6 Å². The maximum absolute atomic E-state index is 13.4. The summed E-state index contributed by atoms with van der Waals surface area (Å²) in [6.45, 7) is 5.90. The van der Waals surface area contributed by atoms with E-state index in [4.69, 9.17) is 0 Å². The minimum atomic E-state index is -0.798. The molecule has 0 aliphatic carbocycles. The van der Waals surface area contributed by atoms with E-state index < -0.39 is 17.5 Å². The number of aromatic nitrogens is 2. The number of anilines is 1. The smallest absolute Gasteiger partial charge is 0.255 e. The van der Waals surface area contributed by atoms with Gasteiger partial charge in [-0.15, -0.1) is 0 Å². The molecule has 2 aromatic carbocycles. The second kappa shape index (κ2) is 7.07. The fourth-order valence-electron chi connectivity index (χ4n) is 2.91. The highest BCUT2D eigenvalue weighted by Crippen LogP contribution is 2.32. The zero-order valence-corrected chi connectivity index (χ0v) is 14.8. The Labute approximate surface area is 150 Å². The van der Waals surface area contributed by atoms with Crippen LogP contribution in [0.3, 0.4) is 0 Å². The Balaban J connectivity index is 2.01. The summed E-state index contributed by atoms with van der Waals surface area (Å²) in [5, 5.41) is 10.0. The third-order valence-electron chi connectivity index (χ3n) is 4.20. The van der Waals surface area contributed by atoms with Crippen molar-refractivity contribution in [1.82, 2.24) is 10.2 Å². The van der Waals surface area contributed by atoms with Crippen LogP contribution in [0.1, 0.15) is 34.1 Å². The second-order valence-corrected chi connectivity index (χ2v) is 6.21. The SMILES string of the molecule is CCc1[nH]nc(-c2ccc(C)cc2C)c1NC(=O)c1cc(F)cc(F)c1. The molecule has 1 heterocycles. The summed E-state index contributed by atoms with van der Waals surface area (Å²) >= 11 is 0. The molecular formula is C20H19F2N3O. The first kappa shape index (κ1) is 17.8. The molecule has 0 fully saturated rings. The predicted octanol–water partition coefficient (Wildman–Crippen LogP) is 4.79. The number of H-pyrrole nitrogens is 1. The number of hydrogen-bond acceptors (Lipinski definition) is 2. The van der Waals surface area contributed by atoms with Gasteiger partial charge in [0, 0.05) is 17.2 Å². The number of halogens is 2. The van der Waals surface area contributed by atoms with Gasteiger partial charge in [-0.2, -0.15) is 5.10 Å². The number of carbonyl (C=O) groups is 1. The molecule has 0 bridgehead atoms.